The van der Waals surface area contributed by atoms with Gasteiger partial charge < -0.3 is 19.5 Å². The number of ether oxygens (including phenoxy) is 2. The Bertz CT molecular complexity index is 1270. The summed E-state index contributed by atoms with van der Waals surface area (Å²) in [6.45, 7) is 5.02. The van der Waals surface area contributed by atoms with Gasteiger partial charge in [0.15, 0.2) is 0 Å². The summed E-state index contributed by atoms with van der Waals surface area (Å²) >= 11 is 0. The lowest BCUT2D eigenvalue weighted by Crippen LogP contribution is -2.23. The fourth-order valence-corrected chi connectivity index (χ4v) is 3.14. The van der Waals surface area contributed by atoms with Gasteiger partial charge >= 0.3 is 5.97 Å². The van der Waals surface area contributed by atoms with Gasteiger partial charge in [0.1, 0.15) is 17.2 Å². The molecule has 190 valence electrons. The van der Waals surface area contributed by atoms with E-state index in [4.69, 9.17) is 14.7 Å². The molecule has 0 atom stereocenters. The highest BCUT2D eigenvalue weighted by atomic mass is 16.7. The topological polar surface area (TPSA) is 132 Å². The van der Waals surface area contributed by atoms with Crippen molar-refractivity contribution in [2.45, 2.75) is 26.7 Å². The number of phenols is 1. The van der Waals surface area contributed by atoms with Crippen LogP contribution in [0.2, 0.25) is 0 Å². The maximum absolute atomic E-state index is 11.1. The highest BCUT2D eigenvalue weighted by molar-refractivity contribution is 5.68. The van der Waals surface area contributed by atoms with E-state index in [0.717, 1.165) is 17.9 Å². The van der Waals surface area contributed by atoms with E-state index in [1.54, 1.807) is 43.3 Å². The molecule has 0 unspecified atom stereocenters. The molecule has 37 heavy (non-hydrogen) atoms. The van der Waals surface area contributed by atoms with Crippen molar-refractivity contribution in [3.63, 3.8) is 0 Å². The summed E-state index contributed by atoms with van der Waals surface area (Å²) in [4.78, 5) is 13.3. The summed E-state index contributed by atoms with van der Waals surface area (Å²) in [5.41, 5.74) is 3.25. The van der Waals surface area contributed by atoms with Crippen LogP contribution < -0.4 is 9.64 Å². The molecule has 0 radical (unpaired) electrons. The van der Waals surface area contributed by atoms with Crippen LogP contribution in [0.4, 0.5) is 28.4 Å². The Balaban J connectivity index is 1.56. The molecule has 0 amide bonds. The SMILES string of the molecule is CCC(=O)OCOc1ccc(N=Nc2ccc(N=Nc3ccc(N(CC)CCC#N)cc3)cc2)c(O)c1. The smallest absolute Gasteiger partial charge is 0.308 e. The molecule has 0 bridgehead atoms. The molecule has 0 aliphatic rings. The van der Waals surface area contributed by atoms with Gasteiger partial charge in [-0.05, 0) is 67.6 Å². The first-order chi connectivity index (χ1) is 18.0. The average Bonchev–Trinajstić information content (AvgIpc) is 2.93. The van der Waals surface area contributed by atoms with E-state index >= 15 is 0 Å². The molecule has 1 N–H and O–H groups in total. The minimum Gasteiger partial charge on any atom is -0.505 e. The van der Waals surface area contributed by atoms with Gasteiger partial charge in [-0.25, -0.2) is 0 Å². The third-order valence-corrected chi connectivity index (χ3v) is 5.18. The number of phenolic OH excluding ortho intramolecular Hbond substituents is 1. The second-order valence-corrected chi connectivity index (χ2v) is 7.70. The number of carbonyl (C=O) groups excluding carboxylic acids is 1. The second kappa shape index (κ2) is 13.9. The molecule has 0 heterocycles. The summed E-state index contributed by atoms with van der Waals surface area (Å²) < 4.78 is 10.1. The zero-order valence-electron chi connectivity index (χ0n) is 20.7. The van der Waals surface area contributed by atoms with Gasteiger partial charge in [-0.3, -0.25) is 4.79 Å². The molecule has 3 rings (SSSR count). The van der Waals surface area contributed by atoms with E-state index in [1.807, 2.05) is 24.3 Å². The molecule has 0 saturated carbocycles. The van der Waals surface area contributed by atoms with Crippen LogP contribution in [0.15, 0.2) is 87.2 Å². The van der Waals surface area contributed by atoms with Crippen molar-refractivity contribution < 1.29 is 19.4 Å². The normalized spacial score (nSPS) is 10.9. The Labute approximate surface area is 215 Å². The van der Waals surface area contributed by atoms with Crippen LogP contribution in [0.3, 0.4) is 0 Å². The lowest BCUT2D eigenvalue weighted by molar-refractivity contribution is -0.149. The molecule has 0 aliphatic heterocycles. The minimum atomic E-state index is -0.372. The van der Waals surface area contributed by atoms with E-state index < -0.39 is 0 Å². The Kier molecular flexibility index (Phi) is 10.1. The first-order valence-corrected chi connectivity index (χ1v) is 11.8. The van der Waals surface area contributed by atoms with Gasteiger partial charge in [0.05, 0.1) is 29.6 Å². The highest BCUT2D eigenvalue weighted by Crippen LogP contribution is 2.32. The van der Waals surface area contributed by atoms with Crippen molar-refractivity contribution >= 4 is 34.4 Å². The summed E-state index contributed by atoms with van der Waals surface area (Å²) in [5, 5.41) is 35.7. The fourth-order valence-electron chi connectivity index (χ4n) is 3.14. The van der Waals surface area contributed by atoms with Gasteiger partial charge in [0, 0.05) is 31.3 Å². The maximum atomic E-state index is 11.1. The van der Waals surface area contributed by atoms with Crippen molar-refractivity contribution in [1.82, 2.24) is 0 Å². The number of benzene rings is 3. The summed E-state index contributed by atoms with van der Waals surface area (Å²) in [6, 6.07) is 21.4. The lowest BCUT2D eigenvalue weighted by atomic mass is 10.2. The molecule has 0 aromatic heterocycles. The van der Waals surface area contributed by atoms with Crippen molar-refractivity contribution in [2.24, 2.45) is 20.5 Å². The number of hydrogen-bond donors (Lipinski definition) is 1. The van der Waals surface area contributed by atoms with Crippen LogP contribution >= 0.6 is 0 Å². The first-order valence-electron chi connectivity index (χ1n) is 11.8. The highest BCUT2D eigenvalue weighted by Gasteiger charge is 2.05. The van der Waals surface area contributed by atoms with Gasteiger partial charge in [-0.1, -0.05) is 6.92 Å². The average molecular weight is 501 g/mol. The number of nitriles is 1. The van der Waals surface area contributed by atoms with Crippen LogP contribution in [-0.4, -0.2) is 31.0 Å². The zero-order chi connectivity index (χ0) is 26.5. The summed E-state index contributed by atoms with van der Waals surface area (Å²) in [6.07, 6.45) is 0.738. The van der Waals surface area contributed by atoms with Crippen molar-refractivity contribution in [2.75, 3.05) is 24.8 Å². The van der Waals surface area contributed by atoms with Gasteiger partial charge in [-0.2, -0.15) is 20.6 Å². The third-order valence-electron chi connectivity index (χ3n) is 5.18. The Hall–Kier alpha value is -4.78. The number of nitrogens with zero attached hydrogens (tertiary/aromatic N) is 6. The van der Waals surface area contributed by atoms with Crippen LogP contribution in [0.5, 0.6) is 11.5 Å². The van der Waals surface area contributed by atoms with E-state index in [-0.39, 0.29) is 30.6 Å². The van der Waals surface area contributed by atoms with E-state index in [0.29, 0.717) is 30.1 Å². The van der Waals surface area contributed by atoms with Gasteiger partial charge in [-0.15, -0.1) is 5.11 Å². The van der Waals surface area contributed by atoms with Crippen LogP contribution in [-0.2, 0) is 9.53 Å². The number of azo groups is 2. The van der Waals surface area contributed by atoms with Crippen molar-refractivity contribution in [1.29, 1.82) is 5.26 Å². The molecular formula is C27H28N6O4. The van der Waals surface area contributed by atoms with Crippen LogP contribution in [0, 0.1) is 11.3 Å². The number of esters is 1. The molecule has 10 nitrogen and oxygen atoms in total. The molecule has 0 aliphatic carbocycles. The maximum Gasteiger partial charge on any atom is 0.308 e. The Morgan fingerprint density at radius 1 is 0.919 bits per heavy atom. The van der Waals surface area contributed by atoms with Crippen molar-refractivity contribution in [3.8, 4) is 17.6 Å². The largest absolute Gasteiger partial charge is 0.505 e. The molecule has 3 aromatic rings. The van der Waals surface area contributed by atoms with Crippen molar-refractivity contribution in [3.05, 3.63) is 66.7 Å². The number of hydrogen-bond acceptors (Lipinski definition) is 10. The third kappa shape index (κ3) is 8.43. The van der Waals surface area contributed by atoms with Gasteiger partial charge in [0.25, 0.3) is 0 Å². The number of rotatable bonds is 12. The summed E-state index contributed by atoms with van der Waals surface area (Å²) in [5.74, 6) is -0.151. The van der Waals surface area contributed by atoms with E-state index in [2.05, 4.69) is 38.3 Å². The minimum absolute atomic E-state index is 0.119. The predicted octanol–water partition coefficient (Wildman–Crippen LogP) is 7.25. The fraction of sp³-hybridized carbons (Fsp3) is 0.259. The lowest BCUT2D eigenvalue weighted by Gasteiger charge is -2.21. The second-order valence-electron chi connectivity index (χ2n) is 7.70. The summed E-state index contributed by atoms with van der Waals surface area (Å²) in [7, 11) is 0. The monoisotopic (exact) mass is 500 g/mol. The quantitative estimate of drug-likeness (QED) is 0.158. The van der Waals surface area contributed by atoms with E-state index in [1.165, 1.54) is 6.07 Å². The van der Waals surface area contributed by atoms with Crippen LogP contribution in [0.1, 0.15) is 26.7 Å². The first kappa shape index (κ1) is 26.8. The molecule has 0 fully saturated rings. The molecule has 3 aromatic carbocycles. The number of carbonyl (C=O) groups is 1. The molecule has 0 spiro atoms. The van der Waals surface area contributed by atoms with E-state index in [9.17, 15) is 9.90 Å². The molecule has 0 saturated heterocycles. The Morgan fingerprint density at radius 3 is 2.05 bits per heavy atom. The van der Waals surface area contributed by atoms with Crippen LogP contribution in [0.25, 0.3) is 0 Å². The van der Waals surface area contributed by atoms with Gasteiger partial charge in [0.2, 0.25) is 6.79 Å². The standard InChI is InChI=1S/C27H28N6O4/c1-3-27(35)37-19-36-24-14-15-25(26(34)18-24)32-31-21-8-6-20(7-9-21)29-30-22-10-12-23(13-11-22)33(4-2)17-5-16-28/h6-15,18,34H,3-5,17,19H2,1-2H3. The Morgan fingerprint density at radius 2 is 1.51 bits per heavy atom. The molecular weight excluding hydrogens is 472 g/mol. The zero-order valence-corrected chi connectivity index (χ0v) is 20.7. The number of anilines is 1. The molecule has 10 heteroatoms. The predicted molar refractivity (Wildman–Crippen MR) is 139 cm³/mol. The number of aromatic hydroxyl groups is 1.